The summed E-state index contributed by atoms with van der Waals surface area (Å²) in [6.07, 6.45) is 0. The molecule has 0 atom stereocenters. The van der Waals surface area contributed by atoms with Gasteiger partial charge in [-0.2, -0.15) is 0 Å². The second-order valence-corrected chi connectivity index (χ2v) is 2.07. The highest BCUT2D eigenvalue weighted by Crippen LogP contribution is 2.00. The molecule has 0 amide bonds. The SMILES string of the molecule is CC(C)C(N)=C(N)N. The van der Waals surface area contributed by atoms with E-state index in [1.165, 1.54) is 0 Å². The van der Waals surface area contributed by atoms with Gasteiger partial charge in [0.1, 0.15) is 5.82 Å². The fourth-order valence-electron chi connectivity index (χ4n) is 0.333. The van der Waals surface area contributed by atoms with Crippen LogP contribution in [0.4, 0.5) is 0 Å². The van der Waals surface area contributed by atoms with Gasteiger partial charge in [0.25, 0.3) is 0 Å². The lowest BCUT2D eigenvalue weighted by molar-refractivity contribution is 0.739. The van der Waals surface area contributed by atoms with Gasteiger partial charge in [-0.1, -0.05) is 13.8 Å². The Morgan fingerprint density at radius 3 is 1.50 bits per heavy atom. The fraction of sp³-hybridized carbons (Fsp3) is 0.600. The predicted molar refractivity (Wildman–Crippen MR) is 34.4 cm³/mol. The van der Waals surface area contributed by atoms with Crippen molar-refractivity contribution in [2.45, 2.75) is 13.8 Å². The third-order valence-electron chi connectivity index (χ3n) is 0.955. The fourth-order valence-corrected chi connectivity index (χ4v) is 0.333. The van der Waals surface area contributed by atoms with Crippen LogP contribution in [0.5, 0.6) is 0 Å². The minimum Gasteiger partial charge on any atom is -0.399 e. The lowest BCUT2D eigenvalue weighted by atomic mass is 10.1. The zero-order valence-corrected chi connectivity index (χ0v) is 5.31. The van der Waals surface area contributed by atoms with Crippen molar-refractivity contribution in [3.8, 4) is 0 Å². The Bertz CT molecular complexity index is 100. The highest BCUT2D eigenvalue weighted by atomic mass is 14.8. The van der Waals surface area contributed by atoms with Gasteiger partial charge < -0.3 is 17.2 Å². The van der Waals surface area contributed by atoms with Gasteiger partial charge in [0.2, 0.25) is 0 Å². The Morgan fingerprint density at radius 2 is 1.50 bits per heavy atom. The minimum absolute atomic E-state index is 0.236. The zero-order chi connectivity index (χ0) is 6.73. The average molecular weight is 115 g/mol. The number of hydrogen-bond acceptors (Lipinski definition) is 3. The summed E-state index contributed by atoms with van der Waals surface area (Å²) in [4.78, 5) is 0. The summed E-state index contributed by atoms with van der Waals surface area (Å²) in [5.74, 6) is 0.486. The number of allylic oxidation sites excluding steroid dienone is 1. The number of hydrogen-bond donors (Lipinski definition) is 3. The van der Waals surface area contributed by atoms with Crippen molar-refractivity contribution in [2.75, 3.05) is 0 Å². The third kappa shape index (κ3) is 1.73. The van der Waals surface area contributed by atoms with Gasteiger partial charge in [-0.3, -0.25) is 0 Å². The summed E-state index contributed by atoms with van der Waals surface area (Å²) in [5.41, 5.74) is 16.3. The Kier molecular flexibility index (Phi) is 2.19. The molecule has 0 radical (unpaired) electrons. The van der Waals surface area contributed by atoms with Crippen LogP contribution in [0, 0.1) is 5.92 Å². The molecule has 0 aromatic carbocycles. The van der Waals surface area contributed by atoms with E-state index in [1.54, 1.807) is 0 Å². The summed E-state index contributed by atoms with van der Waals surface area (Å²) in [5, 5.41) is 0. The molecule has 3 heteroatoms. The highest BCUT2D eigenvalue weighted by Gasteiger charge is 1.98. The summed E-state index contributed by atoms with van der Waals surface area (Å²) in [6.45, 7) is 3.88. The second-order valence-electron chi connectivity index (χ2n) is 2.07. The summed E-state index contributed by atoms with van der Waals surface area (Å²) < 4.78 is 0. The van der Waals surface area contributed by atoms with Crippen molar-refractivity contribution in [1.82, 2.24) is 0 Å². The number of nitrogens with two attached hydrogens (primary N) is 3. The zero-order valence-electron chi connectivity index (χ0n) is 5.31. The third-order valence-corrected chi connectivity index (χ3v) is 0.955. The summed E-state index contributed by atoms with van der Waals surface area (Å²) >= 11 is 0. The van der Waals surface area contributed by atoms with Crippen LogP contribution in [0.1, 0.15) is 13.8 Å². The van der Waals surface area contributed by atoms with Crippen LogP contribution in [-0.2, 0) is 0 Å². The van der Waals surface area contributed by atoms with Gasteiger partial charge in [-0.05, 0) is 5.92 Å². The van der Waals surface area contributed by atoms with Gasteiger partial charge in [-0.25, -0.2) is 0 Å². The molecule has 6 N–H and O–H groups in total. The van der Waals surface area contributed by atoms with Crippen LogP contribution in [0.15, 0.2) is 11.5 Å². The smallest absolute Gasteiger partial charge is 0.113 e. The molecule has 0 saturated heterocycles. The van der Waals surface area contributed by atoms with Crippen LogP contribution in [0.25, 0.3) is 0 Å². The Labute approximate surface area is 49.5 Å². The van der Waals surface area contributed by atoms with E-state index in [0.717, 1.165) is 0 Å². The molecule has 0 aliphatic carbocycles. The molecule has 0 aliphatic rings. The quantitative estimate of drug-likeness (QED) is 0.438. The largest absolute Gasteiger partial charge is 0.399 e. The topological polar surface area (TPSA) is 78.1 Å². The maximum absolute atomic E-state index is 5.39. The molecule has 0 rings (SSSR count). The molecule has 0 aromatic heterocycles. The van der Waals surface area contributed by atoms with Crippen LogP contribution >= 0.6 is 0 Å². The van der Waals surface area contributed by atoms with Gasteiger partial charge in [0, 0.05) is 0 Å². The summed E-state index contributed by atoms with van der Waals surface area (Å²) in [7, 11) is 0. The van der Waals surface area contributed by atoms with Crippen molar-refractivity contribution >= 4 is 0 Å². The molecule has 0 heterocycles. The molecule has 0 unspecified atom stereocenters. The minimum atomic E-state index is 0.236. The average Bonchev–Trinajstić information content (AvgIpc) is 1.64. The first-order valence-electron chi connectivity index (χ1n) is 2.56. The lowest BCUT2D eigenvalue weighted by Gasteiger charge is -2.04. The van der Waals surface area contributed by atoms with E-state index >= 15 is 0 Å². The highest BCUT2D eigenvalue weighted by molar-refractivity contribution is 5.04. The van der Waals surface area contributed by atoms with Gasteiger partial charge in [-0.15, -0.1) is 0 Å². The van der Waals surface area contributed by atoms with Crippen LogP contribution in [-0.4, -0.2) is 0 Å². The van der Waals surface area contributed by atoms with Gasteiger partial charge in [0.05, 0.1) is 5.70 Å². The summed E-state index contributed by atoms with van der Waals surface area (Å²) in [6, 6.07) is 0. The lowest BCUT2D eigenvalue weighted by Crippen LogP contribution is -2.20. The molecule has 0 spiro atoms. The van der Waals surface area contributed by atoms with Gasteiger partial charge in [0.15, 0.2) is 0 Å². The van der Waals surface area contributed by atoms with Crippen molar-refractivity contribution in [1.29, 1.82) is 0 Å². The van der Waals surface area contributed by atoms with E-state index in [4.69, 9.17) is 17.2 Å². The molecule has 48 valence electrons. The van der Waals surface area contributed by atoms with Crippen LogP contribution < -0.4 is 17.2 Å². The van der Waals surface area contributed by atoms with Crippen molar-refractivity contribution in [3.05, 3.63) is 11.5 Å². The first-order chi connectivity index (χ1) is 3.55. The van der Waals surface area contributed by atoms with Crippen LogP contribution in [0.2, 0.25) is 0 Å². The maximum Gasteiger partial charge on any atom is 0.113 e. The molecule has 8 heavy (non-hydrogen) atoms. The monoisotopic (exact) mass is 115 g/mol. The van der Waals surface area contributed by atoms with Crippen molar-refractivity contribution < 1.29 is 0 Å². The predicted octanol–water partition coefficient (Wildman–Crippen LogP) is -0.312. The first-order valence-corrected chi connectivity index (χ1v) is 2.56. The second kappa shape index (κ2) is 2.45. The normalized spacial score (nSPS) is 9.38. The van der Waals surface area contributed by atoms with E-state index in [2.05, 4.69) is 0 Å². The Balaban J connectivity index is 4.00. The number of rotatable bonds is 1. The first kappa shape index (κ1) is 7.14. The van der Waals surface area contributed by atoms with E-state index < -0.39 is 0 Å². The molecule has 0 fully saturated rings. The van der Waals surface area contributed by atoms with Crippen LogP contribution in [0.3, 0.4) is 0 Å². The molecule has 0 saturated carbocycles. The molecule has 0 aliphatic heterocycles. The Morgan fingerprint density at radius 1 is 1.12 bits per heavy atom. The molecular formula is C5H13N3. The van der Waals surface area contributed by atoms with Crippen molar-refractivity contribution in [2.24, 2.45) is 23.1 Å². The molecule has 3 nitrogen and oxygen atoms in total. The van der Waals surface area contributed by atoms with Crippen molar-refractivity contribution in [3.63, 3.8) is 0 Å². The Hall–Kier alpha value is -0.860. The van der Waals surface area contributed by atoms with E-state index in [-0.39, 0.29) is 11.7 Å². The van der Waals surface area contributed by atoms with E-state index in [0.29, 0.717) is 5.70 Å². The molecule has 0 bridgehead atoms. The van der Waals surface area contributed by atoms with Gasteiger partial charge >= 0.3 is 0 Å². The standard InChI is InChI=1S/C5H13N3/c1-3(2)4(6)5(7)8/h3H,6-8H2,1-2H3. The van der Waals surface area contributed by atoms with E-state index in [1.807, 2.05) is 13.8 Å². The molecule has 0 aromatic rings. The van der Waals surface area contributed by atoms with E-state index in [9.17, 15) is 0 Å². The molecular weight excluding hydrogens is 102 g/mol. The maximum atomic E-state index is 5.39.